The number of hydrogen-bond acceptors (Lipinski definition) is 3. The van der Waals surface area contributed by atoms with E-state index >= 15 is 0 Å². The number of urea groups is 1. The van der Waals surface area contributed by atoms with Crippen LogP contribution in [0.1, 0.15) is 35.6 Å². The second-order valence-electron chi connectivity index (χ2n) is 6.54. The highest BCUT2D eigenvalue weighted by molar-refractivity contribution is 5.78. The lowest BCUT2D eigenvalue weighted by molar-refractivity contribution is -0.128. The zero-order chi connectivity index (χ0) is 19.1. The van der Waals surface area contributed by atoms with Gasteiger partial charge >= 0.3 is 6.03 Å². The summed E-state index contributed by atoms with van der Waals surface area (Å²) in [6.45, 7) is 1.56. The number of amides is 3. The molecule has 138 valence electrons. The van der Waals surface area contributed by atoms with Gasteiger partial charge in [-0.15, -0.1) is 0 Å². The first-order valence-electron chi connectivity index (χ1n) is 9.02. The van der Waals surface area contributed by atoms with Gasteiger partial charge in [-0.25, -0.2) is 4.79 Å². The molecule has 0 radical (unpaired) electrons. The molecule has 27 heavy (non-hydrogen) atoms. The van der Waals surface area contributed by atoms with E-state index in [1.807, 2.05) is 42.5 Å². The Labute approximate surface area is 158 Å². The van der Waals surface area contributed by atoms with Crippen molar-refractivity contribution >= 4 is 11.9 Å². The van der Waals surface area contributed by atoms with Gasteiger partial charge in [-0.3, -0.25) is 4.79 Å². The molecule has 1 aliphatic heterocycles. The van der Waals surface area contributed by atoms with Crippen molar-refractivity contribution in [1.29, 1.82) is 5.26 Å². The van der Waals surface area contributed by atoms with Gasteiger partial charge in [0, 0.05) is 26.1 Å². The largest absolute Gasteiger partial charge is 0.340 e. The monoisotopic (exact) mass is 362 g/mol. The Balaban J connectivity index is 1.61. The van der Waals surface area contributed by atoms with Gasteiger partial charge in [0.05, 0.1) is 17.7 Å². The van der Waals surface area contributed by atoms with E-state index in [9.17, 15) is 9.59 Å². The zero-order valence-electron chi connectivity index (χ0n) is 15.0. The van der Waals surface area contributed by atoms with Crippen LogP contribution in [0.3, 0.4) is 0 Å². The molecule has 2 aromatic rings. The summed E-state index contributed by atoms with van der Waals surface area (Å²) >= 11 is 0. The van der Waals surface area contributed by atoms with E-state index in [1.165, 1.54) is 0 Å². The molecule has 1 saturated heterocycles. The molecule has 2 aromatic carbocycles. The molecule has 1 atom stereocenters. The molecular formula is C21H22N4O2. The van der Waals surface area contributed by atoms with Crippen LogP contribution in [0.15, 0.2) is 54.6 Å². The summed E-state index contributed by atoms with van der Waals surface area (Å²) < 4.78 is 0. The highest BCUT2D eigenvalue weighted by atomic mass is 16.2. The van der Waals surface area contributed by atoms with E-state index in [4.69, 9.17) is 5.26 Å². The molecule has 3 amide bonds. The minimum absolute atomic E-state index is 0.135. The Kier molecular flexibility index (Phi) is 6.06. The lowest BCUT2D eigenvalue weighted by Crippen LogP contribution is -2.42. The van der Waals surface area contributed by atoms with Crippen LogP contribution in [0.25, 0.3) is 0 Å². The number of nitrogens with zero attached hydrogens (tertiary/aromatic N) is 2. The lowest BCUT2D eigenvalue weighted by Gasteiger charge is -2.25. The van der Waals surface area contributed by atoms with Crippen molar-refractivity contribution < 1.29 is 9.59 Å². The molecule has 3 rings (SSSR count). The number of likely N-dealkylation sites (tertiary alicyclic amines) is 1. The Bertz CT molecular complexity index is 828. The molecule has 6 heteroatoms. The van der Waals surface area contributed by atoms with E-state index in [-0.39, 0.29) is 18.0 Å². The Morgan fingerprint density at radius 3 is 2.52 bits per heavy atom. The number of carbonyl (C=O) groups excluding carboxylic acids is 2. The molecular weight excluding hydrogens is 340 g/mol. The van der Waals surface area contributed by atoms with E-state index in [0.717, 1.165) is 24.1 Å². The summed E-state index contributed by atoms with van der Waals surface area (Å²) in [6.07, 6.45) is 1.44. The minimum Gasteiger partial charge on any atom is -0.340 e. The summed E-state index contributed by atoms with van der Waals surface area (Å²) in [7, 11) is 0. The van der Waals surface area contributed by atoms with Gasteiger partial charge in [0.25, 0.3) is 0 Å². The van der Waals surface area contributed by atoms with Gasteiger partial charge < -0.3 is 15.5 Å². The molecule has 0 spiro atoms. The second-order valence-corrected chi connectivity index (χ2v) is 6.54. The molecule has 0 aliphatic carbocycles. The molecule has 2 N–H and O–H groups in total. The van der Waals surface area contributed by atoms with Gasteiger partial charge in [-0.1, -0.05) is 42.5 Å². The van der Waals surface area contributed by atoms with Crippen molar-refractivity contribution in [2.24, 2.45) is 0 Å². The maximum atomic E-state index is 12.4. The third kappa shape index (κ3) is 5.08. The predicted molar refractivity (Wildman–Crippen MR) is 102 cm³/mol. The van der Waals surface area contributed by atoms with Crippen molar-refractivity contribution in [3.63, 3.8) is 0 Å². The zero-order valence-corrected chi connectivity index (χ0v) is 15.0. The number of carbonyl (C=O) groups is 2. The highest BCUT2D eigenvalue weighted by Crippen LogP contribution is 2.18. The van der Waals surface area contributed by atoms with Gasteiger partial charge in [-0.05, 0) is 29.7 Å². The van der Waals surface area contributed by atoms with Crippen molar-refractivity contribution in [2.45, 2.75) is 25.4 Å². The Hall–Kier alpha value is -3.33. The number of nitrogens with one attached hydrogen (secondary N) is 2. The fourth-order valence-electron chi connectivity index (χ4n) is 3.13. The standard InChI is InChI=1S/C21H22N4O2/c22-13-16-8-10-17(11-9-16)14-23-21(27)24-19(18-5-2-1-3-6-18)15-25-12-4-7-20(25)26/h1-3,5-6,8-11,19H,4,7,12,14-15H2,(H2,23,24,27). The van der Waals surface area contributed by atoms with E-state index in [2.05, 4.69) is 16.7 Å². The SMILES string of the molecule is N#Cc1ccc(CNC(=O)NC(CN2CCCC2=O)c2ccccc2)cc1. The average molecular weight is 362 g/mol. The first-order chi connectivity index (χ1) is 13.2. The van der Waals surface area contributed by atoms with Crippen LogP contribution in [0.4, 0.5) is 4.79 Å². The van der Waals surface area contributed by atoms with E-state index in [0.29, 0.717) is 25.1 Å². The quantitative estimate of drug-likeness (QED) is 0.828. The molecule has 1 fully saturated rings. The number of nitriles is 1. The summed E-state index contributed by atoms with van der Waals surface area (Å²) in [6, 6.07) is 18.3. The molecule has 1 aliphatic rings. The Morgan fingerprint density at radius 2 is 1.89 bits per heavy atom. The average Bonchev–Trinajstić information content (AvgIpc) is 3.11. The van der Waals surface area contributed by atoms with Gasteiger partial charge in [-0.2, -0.15) is 5.26 Å². The third-order valence-corrected chi connectivity index (χ3v) is 4.62. The summed E-state index contributed by atoms with van der Waals surface area (Å²) in [5.74, 6) is 0.135. The fraction of sp³-hybridized carbons (Fsp3) is 0.286. The van der Waals surface area contributed by atoms with Crippen LogP contribution in [0.5, 0.6) is 0 Å². The second kappa shape index (κ2) is 8.86. The topological polar surface area (TPSA) is 85.2 Å². The van der Waals surface area contributed by atoms with Crippen molar-refractivity contribution in [3.8, 4) is 6.07 Å². The van der Waals surface area contributed by atoms with Crippen LogP contribution in [-0.2, 0) is 11.3 Å². The molecule has 1 heterocycles. The molecule has 0 saturated carbocycles. The van der Waals surface area contributed by atoms with Crippen LogP contribution in [-0.4, -0.2) is 29.9 Å². The van der Waals surface area contributed by atoms with Crippen molar-refractivity contribution in [1.82, 2.24) is 15.5 Å². The van der Waals surface area contributed by atoms with Crippen molar-refractivity contribution in [3.05, 3.63) is 71.3 Å². The molecule has 6 nitrogen and oxygen atoms in total. The first-order valence-corrected chi connectivity index (χ1v) is 9.02. The Morgan fingerprint density at radius 1 is 1.15 bits per heavy atom. The van der Waals surface area contributed by atoms with Crippen LogP contribution < -0.4 is 10.6 Å². The smallest absolute Gasteiger partial charge is 0.315 e. The van der Waals surface area contributed by atoms with Gasteiger partial charge in [0.2, 0.25) is 5.91 Å². The lowest BCUT2D eigenvalue weighted by atomic mass is 10.1. The van der Waals surface area contributed by atoms with Crippen LogP contribution >= 0.6 is 0 Å². The normalized spacial score (nSPS) is 14.5. The van der Waals surface area contributed by atoms with E-state index in [1.54, 1.807) is 17.0 Å². The molecule has 0 bridgehead atoms. The number of benzene rings is 2. The molecule has 1 unspecified atom stereocenters. The van der Waals surface area contributed by atoms with Crippen molar-refractivity contribution in [2.75, 3.05) is 13.1 Å². The van der Waals surface area contributed by atoms with Crippen LogP contribution in [0.2, 0.25) is 0 Å². The van der Waals surface area contributed by atoms with Gasteiger partial charge in [0.1, 0.15) is 0 Å². The fourth-order valence-corrected chi connectivity index (χ4v) is 3.13. The maximum absolute atomic E-state index is 12.4. The predicted octanol–water partition coefficient (Wildman–Crippen LogP) is 2.72. The maximum Gasteiger partial charge on any atom is 0.315 e. The number of hydrogen-bond donors (Lipinski definition) is 2. The van der Waals surface area contributed by atoms with Crippen LogP contribution in [0, 0.1) is 11.3 Å². The number of rotatable bonds is 6. The highest BCUT2D eigenvalue weighted by Gasteiger charge is 2.25. The first kappa shape index (κ1) is 18.5. The third-order valence-electron chi connectivity index (χ3n) is 4.62. The minimum atomic E-state index is -0.292. The summed E-state index contributed by atoms with van der Waals surface area (Å²) in [4.78, 5) is 26.2. The van der Waals surface area contributed by atoms with E-state index < -0.39 is 0 Å². The van der Waals surface area contributed by atoms with Gasteiger partial charge in [0.15, 0.2) is 0 Å². The summed E-state index contributed by atoms with van der Waals surface area (Å²) in [5.41, 5.74) is 2.46. The summed E-state index contributed by atoms with van der Waals surface area (Å²) in [5, 5.41) is 14.6. The molecule has 0 aromatic heterocycles.